The van der Waals surface area contributed by atoms with Gasteiger partial charge in [0.25, 0.3) is 0 Å². The van der Waals surface area contributed by atoms with E-state index in [2.05, 4.69) is 41.5 Å². The van der Waals surface area contributed by atoms with Crippen LogP contribution in [0.3, 0.4) is 0 Å². The van der Waals surface area contributed by atoms with Gasteiger partial charge in [0.1, 0.15) is 0 Å². The van der Waals surface area contributed by atoms with Crippen molar-refractivity contribution in [3.8, 4) is 0 Å². The lowest BCUT2D eigenvalue weighted by molar-refractivity contribution is 0.0760. The molecule has 25 heavy (non-hydrogen) atoms. The molecule has 5 fully saturated rings. The molecule has 0 amide bonds. The first kappa shape index (κ1) is 17.1. The summed E-state index contributed by atoms with van der Waals surface area (Å²) in [5, 5.41) is 0. The summed E-state index contributed by atoms with van der Waals surface area (Å²) in [6, 6.07) is 0. The Morgan fingerprint density at radius 3 is 2.32 bits per heavy atom. The molecule has 5 rings (SSSR count). The van der Waals surface area contributed by atoms with Crippen LogP contribution in [0.25, 0.3) is 0 Å². The van der Waals surface area contributed by atoms with Crippen LogP contribution in [-0.4, -0.2) is 0 Å². The number of hydrogen-bond acceptors (Lipinski definition) is 0. The van der Waals surface area contributed by atoms with Crippen LogP contribution >= 0.6 is 0 Å². The van der Waals surface area contributed by atoms with Crippen LogP contribution in [0, 0.1) is 57.2 Å². The molecule has 0 aromatic heterocycles. The van der Waals surface area contributed by atoms with E-state index in [9.17, 15) is 0 Å². The summed E-state index contributed by atoms with van der Waals surface area (Å²) in [4.78, 5) is 0. The van der Waals surface area contributed by atoms with E-state index in [0.29, 0.717) is 0 Å². The Morgan fingerprint density at radius 2 is 1.64 bits per heavy atom. The highest BCUT2D eigenvalue weighted by Crippen LogP contribution is 3.37. The zero-order valence-electron chi connectivity index (χ0n) is 17.8. The van der Waals surface area contributed by atoms with Crippen molar-refractivity contribution in [1.82, 2.24) is 0 Å². The smallest absolute Gasteiger partial charge is 0.00625 e. The lowest BCUT2D eigenvalue weighted by atomic mass is 9.64. The van der Waals surface area contributed by atoms with E-state index >= 15 is 0 Å². The molecule has 0 aliphatic heterocycles. The molecule has 0 bridgehead atoms. The monoisotopic (exact) mass is 342 g/mol. The second-order valence-corrected chi connectivity index (χ2v) is 11.3. The largest absolute Gasteiger partial charge is 0.0654 e. The lowest BCUT2D eigenvalue weighted by Gasteiger charge is -2.40. The molecule has 0 radical (unpaired) electrons. The van der Waals surface area contributed by atoms with Gasteiger partial charge in [0.05, 0.1) is 0 Å². The summed E-state index contributed by atoms with van der Waals surface area (Å²) in [6.07, 6.45) is 13.3. The Kier molecular flexibility index (Phi) is 3.34. The first-order valence-electron chi connectivity index (χ1n) is 12.0. The van der Waals surface area contributed by atoms with Crippen molar-refractivity contribution in [2.24, 2.45) is 57.2 Å². The number of fused-ring (bicyclic) bond motifs is 1. The zero-order chi connectivity index (χ0) is 17.8. The fourth-order valence-electron chi connectivity index (χ4n) is 10.8. The maximum absolute atomic E-state index is 2.70. The Morgan fingerprint density at radius 1 is 0.960 bits per heavy atom. The first-order chi connectivity index (χ1) is 12.0. The van der Waals surface area contributed by atoms with E-state index in [4.69, 9.17) is 0 Å². The van der Waals surface area contributed by atoms with Crippen molar-refractivity contribution in [2.45, 2.75) is 99.3 Å². The molecule has 142 valence electrons. The molecule has 0 heterocycles. The van der Waals surface area contributed by atoms with Crippen molar-refractivity contribution in [3.05, 3.63) is 0 Å². The number of hydrogen-bond donors (Lipinski definition) is 0. The van der Waals surface area contributed by atoms with Gasteiger partial charge in [-0.1, -0.05) is 86.5 Å². The molecular weight excluding hydrogens is 300 g/mol. The molecule has 0 nitrogen and oxygen atoms in total. The molecular formula is C25H42. The topological polar surface area (TPSA) is 0 Å². The van der Waals surface area contributed by atoms with Crippen LogP contribution in [-0.2, 0) is 0 Å². The molecule has 3 spiro atoms. The van der Waals surface area contributed by atoms with E-state index in [1.807, 2.05) is 0 Å². The van der Waals surface area contributed by atoms with E-state index in [-0.39, 0.29) is 0 Å². The molecule has 5 aliphatic carbocycles. The molecule has 0 N–H and O–H groups in total. The summed E-state index contributed by atoms with van der Waals surface area (Å²) in [7, 11) is 0. The minimum Gasteiger partial charge on any atom is -0.0654 e. The highest BCUT2D eigenvalue weighted by molar-refractivity contribution is 5.80. The molecule has 0 aromatic rings. The van der Waals surface area contributed by atoms with E-state index in [1.165, 1.54) is 44.9 Å². The molecule has 10 atom stereocenters. The molecule has 5 aliphatic rings. The van der Waals surface area contributed by atoms with Crippen molar-refractivity contribution in [1.29, 1.82) is 0 Å². The van der Waals surface area contributed by atoms with Gasteiger partial charge in [0, 0.05) is 0 Å². The normalized spacial score (nSPS) is 60.0. The number of rotatable bonds is 9. The highest BCUT2D eigenvalue weighted by Gasteiger charge is 3.35. The van der Waals surface area contributed by atoms with Gasteiger partial charge in [-0.25, -0.2) is 0 Å². The summed E-state index contributed by atoms with van der Waals surface area (Å²) in [5.41, 5.74) is 3.49. The summed E-state index contributed by atoms with van der Waals surface area (Å²) < 4.78 is 0. The standard InChI is InChI=1S/C25H42/c1-7-9-11-13-16(3)21-19(14-12-10-8-2)17(4)15-20-22(6)24-18(5)23(21,24)25(20,22)24/h16-21H,7-15H2,1-6H3. The van der Waals surface area contributed by atoms with Crippen LogP contribution in [0.4, 0.5) is 0 Å². The average Bonchev–Trinajstić information content (AvgIpc) is 3.51. The third-order valence-electron chi connectivity index (χ3n) is 11.2. The van der Waals surface area contributed by atoms with Crippen molar-refractivity contribution in [2.75, 3.05) is 0 Å². The predicted molar refractivity (Wildman–Crippen MR) is 106 cm³/mol. The molecule has 5 saturated carbocycles. The average molecular weight is 343 g/mol. The summed E-state index contributed by atoms with van der Waals surface area (Å²) >= 11 is 0. The van der Waals surface area contributed by atoms with Crippen LogP contribution in [0.1, 0.15) is 99.3 Å². The van der Waals surface area contributed by atoms with Gasteiger partial charge < -0.3 is 0 Å². The fourth-order valence-corrected chi connectivity index (χ4v) is 10.8. The van der Waals surface area contributed by atoms with Gasteiger partial charge in [0.15, 0.2) is 0 Å². The van der Waals surface area contributed by atoms with Gasteiger partial charge in [-0.2, -0.15) is 0 Å². The fraction of sp³-hybridized carbons (Fsp3) is 1.00. The van der Waals surface area contributed by atoms with Crippen molar-refractivity contribution in [3.63, 3.8) is 0 Å². The van der Waals surface area contributed by atoms with Crippen LogP contribution in [0.15, 0.2) is 0 Å². The van der Waals surface area contributed by atoms with E-state index in [1.54, 1.807) is 12.8 Å². The van der Waals surface area contributed by atoms with Crippen LogP contribution < -0.4 is 0 Å². The van der Waals surface area contributed by atoms with Crippen LogP contribution in [0.5, 0.6) is 0 Å². The Bertz CT molecular complexity index is 579. The molecule has 10 unspecified atom stereocenters. The lowest BCUT2D eigenvalue weighted by Crippen LogP contribution is -2.34. The van der Waals surface area contributed by atoms with Gasteiger partial charge in [-0.05, 0) is 70.0 Å². The van der Waals surface area contributed by atoms with Gasteiger partial charge >= 0.3 is 0 Å². The first-order valence-corrected chi connectivity index (χ1v) is 12.0. The quantitative estimate of drug-likeness (QED) is 0.385. The minimum absolute atomic E-state index is 0.837. The van der Waals surface area contributed by atoms with Gasteiger partial charge in [-0.3, -0.25) is 0 Å². The third kappa shape index (κ3) is 1.34. The number of unbranched alkanes of at least 4 members (excludes halogenated alkanes) is 4. The van der Waals surface area contributed by atoms with Crippen molar-refractivity contribution < 1.29 is 0 Å². The summed E-state index contributed by atoms with van der Waals surface area (Å²) in [6.45, 7) is 15.4. The zero-order valence-corrected chi connectivity index (χ0v) is 17.8. The second-order valence-electron chi connectivity index (χ2n) is 11.3. The highest BCUT2D eigenvalue weighted by atomic mass is 15.4. The third-order valence-corrected chi connectivity index (χ3v) is 11.2. The summed E-state index contributed by atoms with van der Waals surface area (Å²) in [5.74, 6) is 6.32. The minimum atomic E-state index is 0.837. The van der Waals surface area contributed by atoms with Crippen LogP contribution in [0.2, 0.25) is 0 Å². The SMILES string of the molecule is CCCCCC(C)C1C(CCCCC)C(C)CC2C3(C)C24C12C(C)C324. The maximum atomic E-state index is 2.70. The Hall–Kier alpha value is 0. The van der Waals surface area contributed by atoms with Crippen molar-refractivity contribution >= 4 is 0 Å². The predicted octanol–water partition coefficient (Wildman–Crippen LogP) is 7.33. The molecule has 0 saturated heterocycles. The van der Waals surface area contributed by atoms with E-state index in [0.717, 1.165) is 57.2 Å². The Labute approximate surface area is 156 Å². The van der Waals surface area contributed by atoms with Gasteiger partial charge in [-0.15, -0.1) is 0 Å². The maximum Gasteiger partial charge on any atom is -0.00625 e. The molecule has 0 aromatic carbocycles. The molecule has 0 heteroatoms. The second kappa shape index (κ2) is 4.88. The Balaban J connectivity index is 1.41. The van der Waals surface area contributed by atoms with Gasteiger partial charge in [0.2, 0.25) is 0 Å². The van der Waals surface area contributed by atoms with E-state index < -0.39 is 0 Å².